The summed E-state index contributed by atoms with van der Waals surface area (Å²) in [5.74, 6) is -0.287. The molecular weight excluding hydrogens is 346 g/mol. The molecule has 0 aliphatic heterocycles. The molecule has 1 N–H and O–H groups in total. The first-order chi connectivity index (χ1) is 11.3. The zero-order valence-corrected chi connectivity index (χ0v) is 16.0. The Morgan fingerprint density at radius 3 is 2.50 bits per heavy atom. The van der Waals surface area contributed by atoms with Gasteiger partial charge in [-0.15, -0.1) is 11.3 Å². The highest BCUT2D eigenvalue weighted by Crippen LogP contribution is 2.19. The summed E-state index contributed by atoms with van der Waals surface area (Å²) in [6.07, 6.45) is 1.48. The second-order valence-corrected chi connectivity index (χ2v) is 8.77. The lowest BCUT2D eigenvalue weighted by molar-refractivity contribution is 0.0943. The van der Waals surface area contributed by atoms with Crippen LogP contribution in [0, 0.1) is 6.92 Å². The van der Waals surface area contributed by atoms with E-state index in [1.165, 1.54) is 21.4 Å². The van der Waals surface area contributed by atoms with Gasteiger partial charge >= 0.3 is 0 Å². The second-order valence-electron chi connectivity index (χ2n) is 5.46. The Morgan fingerprint density at radius 2 is 1.96 bits per heavy atom. The van der Waals surface area contributed by atoms with Gasteiger partial charge in [0.1, 0.15) is 10.6 Å². The first kappa shape index (κ1) is 18.7. The number of hydrogen-bond acceptors (Lipinski definition) is 4. The number of aromatic nitrogens is 1. The van der Waals surface area contributed by atoms with Crippen molar-refractivity contribution >= 4 is 27.3 Å². The second kappa shape index (κ2) is 7.50. The minimum Gasteiger partial charge on any atom is -0.346 e. The fourth-order valence-electron chi connectivity index (χ4n) is 2.45. The third-order valence-electron chi connectivity index (χ3n) is 3.77. The lowest BCUT2D eigenvalue weighted by Crippen LogP contribution is -2.30. The molecule has 0 bridgehead atoms. The quantitative estimate of drug-likeness (QED) is 0.814. The van der Waals surface area contributed by atoms with Crippen molar-refractivity contribution in [3.63, 3.8) is 0 Å². The average molecular weight is 370 g/mol. The van der Waals surface area contributed by atoms with Gasteiger partial charge in [-0.1, -0.05) is 13.8 Å². The van der Waals surface area contributed by atoms with E-state index in [1.807, 2.05) is 19.1 Å². The van der Waals surface area contributed by atoms with Gasteiger partial charge in [0.05, 0.1) is 6.54 Å². The molecular formula is C16H23N3O3S2. The average Bonchev–Trinajstić information content (AvgIpc) is 3.12. The zero-order chi connectivity index (χ0) is 17.9. The standard InChI is InChI=1S/C16H23N3O3S2/c1-5-19(6-2)24(21,22)14-9-15(18(4)11-14)16(20)17-10-13-8-7-12(3)23-13/h7-9,11H,5-6,10H2,1-4H3,(H,17,20). The topological polar surface area (TPSA) is 71.4 Å². The number of amides is 1. The number of carbonyl (C=O) groups excluding carboxylic acids is 1. The van der Waals surface area contributed by atoms with Gasteiger partial charge in [-0.3, -0.25) is 4.79 Å². The molecule has 2 aromatic heterocycles. The van der Waals surface area contributed by atoms with E-state index in [4.69, 9.17) is 0 Å². The third-order valence-corrected chi connectivity index (χ3v) is 6.79. The Balaban J connectivity index is 2.17. The molecule has 132 valence electrons. The van der Waals surface area contributed by atoms with E-state index < -0.39 is 10.0 Å². The van der Waals surface area contributed by atoms with E-state index in [0.717, 1.165) is 4.88 Å². The lowest BCUT2D eigenvalue weighted by Gasteiger charge is -2.17. The highest BCUT2D eigenvalue weighted by Gasteiger charge is 2.25. The van der Waals surface area contributed by atoms with E-state index in [9.17, 15) is 13.2 Å². The van der Waals surface area contributed by atoms with Crippen LogP contribution < -0.4 is 5.32 Å². The molecule has 0 aromatic carbocycles. The van der Waals surface area contributed by atoms with Gasteiger partial charge in [0.25, 0.3) is 5.91 Å². The Morgan fingerprint density at radius 1 is 1.29 bits per heavy atom. The molecule has 0 aliphatic carbocycles. The van der Waals surface area contributed by atoms with Crippen LogP contribution in [-0.4, -0.2) is 36.3 Å². The number of rotatable bonds is 7. The van der Waals surface area contributed by atoms with Crippen molar-refractivity contribution in [2.45, 2.75) is 32.2 Å². The van der Waals surface area contributed by atoms with Crippen molar-refractivity contribution in [3.8, 4) is 0 Å². The zero-order valence-electron chi connectivity index (χ0n) is 14.4. The minimum atomic E-state index is -3.57. The van der Waals surface area contributed by atoms with E-state index in [0.29, 0.717) is 25.3 Å². The van der Waals surface area contributed by atoms with Crippen LogP contribution in [0.5, 0.6) is 0 Å². The molecule has 0 radical (unpaired) electrons. The van der Waals surface area contributed by atoms with E-state index in [-0.39, 0.29) is 10.8 Å². The lowest BCUT2D eigenvalue weighted by atomic mass is 10.4. The summed E-state index contributed by atoms with van der Waals surface area (Å²) in [7, 11) is -1.89. The van der Waals surface area contributed by atoms with Gasteiger partial charge < -0.3 is 9.88 Å². The molecule has 0 aliphatic rings. The highest BCUT2D eigenvalue weighted by molar-refractivity contribution is 7.89. The van der Waals surface area contributed by atoms with Gasteiger partial charge in [-0.05, 0) is 25.1 Å². The summed E-state index contributed by atoms with van der Waals surface area (Å²) in [6.45, 7) is 6.82. The fraction of sp³-hybridized carbons (Fsp3) is 0.438. The molecule has 0 saturated carbocycles. The van der Waals surface area contributed by atoms with Crippen LogP contribution in [-0.2, 0) is 23.6 Å². The molecule has 0 spiro atoms. The number of nitrogens with one attached hydrogen (secondary N) is 1. The van der Waals surface area contributed by atoms with Crippen LogP contribution in [0.1, 0.15) is 34.1 Å². The molecule has 2 heterocycles. The summed E-state index contributed by atoms with van der Waals surface area (Å²) < 4.78 is 28.0. The summed E-state index contributed by atoms with van der Waals surface area (Å²) in [5, 5.41) is 2.83. The fourth-order valence-corrected chi connectivity index (χ4v) is 4.81. The van der Waals surface area contributed by atoms with Crippen molar-refractivity contribution in [1.82, 2.24) is 14.2 Å². The molecule has 0 unspecified atom stereocenters. The van der Waals surface area contributed by atoms with Crippen LogP contribution in [0.25, 0.3) is 0 Å². The largest absolute Gasteiger partial charge is 0.346 e. The van der Waals surface area contributed by atoms with E-state index in [1.54, 1.807) is 36.8 Å². The molecule has 0 saturated heterocycles. The summed E-state index contributed by atoms with van der Waals surface area (Å²) in [4.78, 5) is 14.8. The maximum atomic E-state index is 12.5. The number of nitrogens with zero attached hydrogens (tertiary/aromatic N) is 2. The van der Waals surface area contributed by atoms with Gasteiger partial charge in [-0.25, -0.2) is 8.42 Å². The summed E-state index contributed by atoms with van der Waals surface area (Å²) in [5.41, 5.74) is 0.328. The van der Waals surface area contributed by atoms with Crippen LogP contribution in [0.3, 0.4) is 0 Å². The van der Waals surface area contributed by atoms with Crippen LogP contribution >= 0.6 is 11.3 Å². The molecule has 0 atom stereocenters. The number of carbonyl (C=O) groups is 1. The first-order valence-corrected chi connectivity index (χ1v) is 10.0. The molecule has 6 nitrogen and oxygen atoms in total. The van der Waals surface area contributed by atoms with Crippen molar-refractivity contribution in [1.29, 1.82) is 0 Å². The van der Waals surface area contributed by atoms with E-state index in [2.05, 4.69) is 5.32 Å². The van der Waals surface area contributed by atoms with Gasteiger partial charge in [0.2, 0.25) is 10.0 Å². The van der Waals surface area contributed by atoms with Gasteiger partial charge in [0, 0.05) is 36.1 Å². The molecule has 8 heteroatoms. The van der Waals surface area contributed by atoms with Crippen LogP contribution in [0.2, 0.25) is 0 Å². The highest BCUT2D eigenvalue weighted by atomic mass is 32.2. The monoisotopic (exact) mass is 369 g/mol. The Kier molecular flexibility index (Phi) is 5.84. The first-order valence-electron chi connectivity index (χ1n) is 7.79. The van der Waals surface area contributed by atoms with Crippen molar-refractivity contribution in [3.05, 3.63) is 39.8 Å². The minimum absolute atomic E-state index is 0.144. The Hall–Kier alpha value is -1.64. The molecule has 1 amide bonds. The SMILES string of the molecule is CCN(CC)S(=O)(=O)c1cc(C(=O)NCc2ccc(C)s2)n(C)c1. The Labute approximate surface area is 147 Å². The molecule has 2 aromatic rings. The normalized spacial score (nSPS) is 11.9. The summed E-state index contributed by atoms with van der Waals surface area (Å²) in [6, 6.07) is 5.41. The number of aryl methyl sites for hydroxylation is 2. The molecule has 2 rings (SSSR count). The Bertz CT molecular complexity index is 817. The number of hydrogen-bond donors (Lipinski definition) is 1. The predicted molar refractivity (Wildman–Crippen MR) is 95.7 cm³/mol. The smallest absolute Gasteiger partial charge is 0.268 e. The maximum Gasteiger partial charge on any atom is 0.268 e. The number of sulfonamides is 1. The summed E-state index contributed by atoms with van der Waals surface area (Å²) >= 11 is 1.62. The van der Waals surface area contributed by atoms with Crippen molar-refractivity contribution in [2.75, 3.05) is 13.1 Å². The third kappa shape index (κ3) is 3.88. The van der Waals surface area contributed by atoms with Crippen molar-refractivity contribution < 1.29 is 13.2 Å². The van der Waals surface area contributed by atoms with Crippen LogP contribution in [0.4, 0.5) is 0 Å². The van der Waals surface area contributed by atoms with Gasteiger partial charge in [0.15, 0.2) is 0 Å². The van der Waals surface area contributed by atoms with Crippen LogP contribution in [0.15, 0.2) is 29.3 Å². The number of thiophene rings is 1. The molecule has 0 fully saturated rings. The predicted octanol–water partition coefficient (Wildman–Crippen LogP) is 2.36. The maximum absolute atomic E-state index is 12.5. The van der Waals surface area contributed by atoms with Crippen molar-refractivity contribution in [2.24, 2.45) is 7.05 Å². The molecule has 24 heavy (non-hydrogen) atoms. The van der Waals surface area contributed by atoms with E-state index >= 15 is 0 Å². The van der Waals surface area contributed by atoms with Gasteiger partial charge in [-0.2, -0.15) is 4.31 Å².